The second kappa shape index (κ2) is 2.95. The van der Waals surface area contributed by atoms with Gasteiger partial charge in [-0.2, -0.15) is 0 Å². The fourth-order valence-electron chi connectivity index (χ4n) is 1.11. The maximum Gasteiger partial charge on any atom is 0.315 e. The Morgan fingerprint density at radius 2 is 1.93 bits per heavy atom. The van der Waals surface area contributed by atoms with Crippen LogP contribution in [0.15, 0.2) is 15.7 Å². The minimum Gasteiger partial charge on any atom is -0.315 e. The van der Waals surface area contributed by atoms with Gasteiger partial charge in [0, 0.05) is 0 Å². The van der Waals surface area contributed by atoms with Crippen molar-refractivity contribution in [3.8, 4) is 0 Å². The van der Waals surface area contributed by atoms with Crippen molar-refractivity contribution in [2.45, 2.75) is 6.92 Å². The molecule has 5 nitrogen and oxygen atoms in total. The number of aryl methyl sites for hydroxylation is 1. The molecule has 0 saturated carbocycles. The molecule has 0 amide bonds. The third kappa shape index (κ3) is 1.31. The third-order valence-corrected chi connectivity index (χ3v) is 2.22. The van der Waals surface area contributed by atoms with Crippen LogP contribution in [0.1, 0.15) is 5.69 Å². The summed E-state index contributed by atoms with van der Waals surface area (Å²) in [4.78, 5) is 30.7. The lowest BCUT2D eigenvalue weighted by atomic mass is 10.3. The largest absolute Gasteiger partial charge is 0.315 e. The van der Waals surface area contributed by atoms with E-state index in [4.69, 9.17) is 11.6 Å². The van der Waals surface area contributed by atoms with Crippen LogP contribution in [0.3, 0.4) is 0 Å². The molecule has 6 heteroatoms. The number of aromatic nitrogens is 3. The van der Waals surface area contributed by atoms with Crippen molar-refractivity contribution in [3.63, 3.8) is 0 Å². The van der Waals surface area contributed by atoms with Crippen LogP contribution in [-0.2, 0) is 0 Å². The highest BCUT2D eigenvalue weighted by Gasteiger charge is 2.03. The van der Waals surface area contributed by atoms with Gasteiger partial charge >= 0.3 is 11.1 Å². The molecule has 0 unspecified atom stereocenters. The number of rotatable bonds is 0. The summed E-state index contributed by atoms with van der Waals surface area (Å²) in [6.45, 7) is 1.71. The Balaban J connectivity index is 2.97. The maximum atomic E-state index is 11.0. The average molecular weight is 212 g/mol. The Bertz CT molecular complexity index is 559. The highest BCUT2D eigenvalue weighted by atomic mass is 35.5. The van der Waals surface area contributed by atoms with E-state index in [1.807, 2.05) is 0 Å². The van der Waals surface area contributed by atoms with Gasteiger partial charge < -0.3 is 9.97 Å². The molecule has 14 heavy (non-hydrogen) atoms. The summed E-state index contributed by atoms with van der Waals surface area (Å²) in [5, 5.41) is 0.445. The van der Waals surface area contributed by atoms with E-state index in [0.717, 1.165) is 0 Å². The van der Waals surface area contributed by atoms with Gasteiger partial charge in [0.1, 0.15) is 0 Å². The zero-order valence-electron chi connectivity index (χ0n) is 7.22. The molecule has 0 aliphatic rings. The Labute approximate surface area is 82.8 Å². The Kier molecular flexibility index (Phi) is 1.89. The minimum atomic E-state index is -0.716. The molecule has 0 aliphatic carbocycles. The van der Waals surface area contributed by atoms with E-state index < -0.39 is 11.1 Å². The molecule has 0 radical (unpaired) electrons. The molecule has 0 bridgehead atoms. The first-order chi connectivity index (χ1) is 6.58. The summed E-state index contributed by atoms with van der Waals surface area (Å²) in [6.07, 6.45) is 0. The second-order valence-corrected chi connectivity index (χ2v) is 3.27. The summed E-state index contributed by atoms with van der Waals surface area (Å²) in [7, 11) is 0. The van der Waals surface area contributed by atoms with Gasteiger partial charge in [-0.05, 0) is 13.0 Å². The maximum absolute atomic E-state index is 11.0. The van der Waals surface area contributed by atoms with Crippen LogP contribution in [-0.4, -0.2) is 15.0 Å². The van der Waals surface area contributed by atoms with Gasteiger partial charge in [-0.3, -0.25) is 9.59 Å². The summed E-state index contributed by atoms with van der Waals surface area (Å²) >= 11 is 5.80. The van der Waals surface area contributed by atoms with Crippen LogP contribution >= 0.6 is 11.6 Å². The van der Waals surface area contributed by atoms with Crippen molar-refractivity contribution in [1.82, 2.24) is 15.0 Å². The van der Waals surface area contributed by atoms with Crippen LogP contribution in [0.25, 0.3) is 11.2 Å². The van der Waals surface area contributed by atoms with Crippen LogP contribution in [0.5, 0.6) is 0 Å². The van der Waals surface area contributed by atoms with Gasteiger partial charge in [-0.15, -0.1) is 0 Å². The molecule has 2 aromatic heterocycles. The second-order valence-electron chi connectivity index (χ2n) is 2.86. The van der Waals surface area contributed by atoms with Gasteiger partial charge in [-0.1, -0.05) is 11.6 Å². The lowest BCUT2D eigenvalue weighted by molar-refractivity contribution is 1.10. The lowest BCUT2D eigenvalue weighted by Gasteiger charge is -1.99. The number of fused-ring (bicyclic) bond motifs is 1. The fraction of sp³-hybridized carbons (Fsp3) is 0.125. The molecular weight excluding hydrogens is 206 g/mol. The van der Waals surface area contributed by atoms with E-state index >= 15 is 0 Å². The molecule has 72 valence electrons. The summed E-state index contributed by atoms with van der Waals surface area (Å²) in [6, 6.07) is 1.55. The molecule has 2 aromatic rings. The predicted molar refractivity (Wildman–Crippen MR) is 52.7 cm³/mol. The quantitative estimate of drug-likeness (QED) is 0.626. The number of halogens is 1. The van der Waals surface area contributed by atoms with E-state index in [0.29, 0.717) is 21.9 Å². The fourth-order valence-corrected chi connectivity index (χ4v) is 1.27. The zero-order valence-corrected chi connectivity index (χ0v) is 7.97. The molecule has 0 spiro atoms. The molecule has 0 atom stereocenters. The molecule has 0 fully saturated rings. The number of nitrogens with one attached hydrogen (secondary N) is 2. The topological polar surface area (TPSA) is 78.6 Å². The van der Waals surface area contributed by atoms with Crippen LogP contribution in [0, 0.1) is 6.92 Å². The van der Waals surface area contributed by atoms with Gasteiger partial charge in [-0.25, -0.2) is 4.98 Å². The zero-order chi connectivity index (χ0) is 10.3. The molecular formula is C8H6ClN3O2. The first-order valence-electron chi connectivity index (χ1n) is 3.87. The standard InChI is InChI=1S/C8H6ClN3O2/c1-3-4(9)2-5-6(10-3)12-8(14)7(13)11-5/h2H,1H3,(H,11,13)(H,10,12,14). The Morgan fingerprint density at radius 1 is 1.29 bits per heavy atom. The average Bonchev–Trinajstić information content (AvgIpc) is 2.11. The highest BCUT2D eigenvalue weighted by Crippen LogP contribution is 2.15. The molecule has 0 aromatic carbocycles. The Hall–Kier alpha value is -1.62. The first kappa shape index (κ1) is 8.96. The molecule has 0 aliphatic heterocycles. The molecule has 2 N–H and O–H groups in total. The monoisotopic (exact) mass is 211 g/mol. The lowest BCUT2D eigenvalue weighted by Crippen LogP contribution is -2.29. The van der Waals surface area contributed by atoms with Gasteiger partial charge in [0.15, 0.2) is 5.65 Å². The van der Waals surface area contributed by atoms with E-state index in [1.165, 1.54) is 0 Å². The number of pyridine rings is 1. The van der Waals surface area contributed by atoms with Crippen molar-refractivity contribution in [1.29, 1.82) is 0 Å². The SMILES string of the molecule is Cc1nc2[nH]c(=O)c(=O)[nH]c2cc1Cl. The number of hydrogen-bond donors (Lipinski definition) is 2. The molecule has 2 rings (SSSR count). The third-order valence-electron chi connectivity index (χ3n) is 1.84. The van der Waals surface area contributed by atoms with Crippen molar-refractivity contribution in [2.24, 2.45) is 0 Å². The van der Waals surface area contributed by atoms with Gasteiger partial charge in [0.2, 0.25) is 0 Å². The Morgan fingerprint density at radius 3 is 2.64 bits per heavy atom. The van der Waals surface area contributed by atoms with E-state index in [1.54, 1.807) is 13.0 Å². The highest BCUT2D eigenvalue weighted by molar-refractivity contribution is 6.31. The molecule has 0 saturated heterocycles. The van der Waals surface area contributed by atoms with Crippen molar-refractivity contribution >= 4 is 22.8 Å². The van der Waals surface area contributed by atoms with E-state index in [9.17, 15) is 9.59 Å². The first-order valence-corrected chi connectivity index (χ1v) is 4.25. The number of H-pyrrole nitrogens is 2. The van der Waals surface area contributed by atoms with Crippen LogP contribution in [0.4, 0.5) is 0 Å². The minimum absolute atomic E-state index is 0.330. The normalized spacial score (nSPS) is 10.7. The number of hydrogen-bond acceptors (Lipinski definition) is 3. The van der Waals surface area contributed by atoms with E-state index in [-0.39, 0.29) is 0 Å². The molecule has 2 heterocycles. The van der Waals surface area contributed by atoms with Crippen molar-refractivity contribution in [3.05, 3.63) is 37.5 Å². The summed E-state index contributed by atoms with van der Waals surface area (Å²) in [5.74, 6) is 0. The number of aromatic amines is 2. The number of nitrogens with zero attached hydrogens (tertiary/aromatic N) is 1. The van der Waals surface area contributed by atoms with Crippen molar-refractivity contribution in [2.75, 3.05) is 0 Å². The summed E-state index contributed by atoms with van der Waals surface area (Å²) < 4.78 is 0. The van der Waals surface area contributed by atoms with Crippen LogP contribution < -0.4 is 11.1 Å². The summed E-state index contributed by atoms with van der Waals surface area (Å²) in [5.41, 5.74) is -0.0745. The van der Waals surface area contributed by atoms with Crippen LogP contribution in [0.2, 0.25) is 5.02 Å². The predicted octanol–water partition coefficient (Wildman–Crippen LogP) is 0.573. The van der Waals surface area contributed by atoms with Crippen molar-refractivity contribution < 1.29 is 0 Å². The smallest absolute Gasteiger partial charge is 0.315 e. The van der Waals surface area contributed by atoms with Gasteiger partial charge in [0.05, 0.1) is 16.2 Å². The van der Waals surface area contributed by atoms with E-state index in [2.05, 4.69) is 15.0 Å². The van der Waals surface area contributed by atoms with Gasteiger partial charge in [0.25, 0.3) is 0 Å².